The van der Waals surface area contributed by atoms with Gasteiger partial charge in [-0.1, -0.05) is 12.5 Å². The van der Waals surface area contributed by atoms with E-state index < -0.39 is 35.9 Å². The van der Waals surface area contributed by atoms with Crippen molar-refractivity contribution in [3.8, 4) is 0 Å². The van der Waals surface area contributed by atoms with Crippen molar-refractivity contribution < 1.29 is 27.9 Å². The zero-order valence-electron chi connectivity index (χ0n) is 17.8. The van der Waals surface area contributed by atoms with Gasteiger partial charge < -0.3 is 13.9 Å². The Morgan fingerprint density at radius 1 is 1.23 bits per heavy atom. The van der Waals surface area contributed by atoms with Crippen LogP contribution in [0.3, 0.4) is 0 Å². The smallest absolute Gasteiger partial charge is 0.218 e. The van der Waals surface area contributed by atoms with E-state index >= 15 is 0 Å². The van der Waals surface area contributed by atoms with Crippen LogP contribution in [0.4, 0.5) is 4.39 Å². The van der Waals surface area contributed by atoms with Crippen molar-refractivity contribution in [3.05, 3.63) is 35.8 Å². The minimum atomic E-state index is -1.26. The first-order chi connectivity index (χ1) is 15.0. The van der Waals surface area contributed by atoms with Gasteiger partial charge in [-0.25, -0.2) is 4.39 Å². The number of ether oxygens (including phenoxy) is 2. The van der Waals surface area contributed by atoms with E-state index in [1.807, 2.05) is 6.08 Å². The van der Waals surface area contributed by atoms with E-state index in [9.17, 15) is 14.0 Å². The zero-order chi connectivity index (χ0) is 21.4. The summed E-state index contributed by atoms with van der Waals surface area (Å²) in [6, 6.07) is 3.53. The van der Waals surface area contributed by atoms with Gasteiger partial charge in [-0.05, 0) is 80.4 Å². The molecule has 8 atom stereocenters. The molecule has 1 aromatic heterocycles. The number of furan rings is 1. The Morgan fingerprint density at radius 3 is 2.87 bits per heavy atom. The second-order valence-corrected chi connectivity index (χ2v) is 10.4. The average molecular weight is 428 g/mol. The van der Waals surface area contributed by atoms with Crippen LogP contribution in [0, 0.1) is 29.1 Å². The molecule has 4 aliphatic carbocycles. The molecular formula is C25H29FO5. The first-order valence-corrected chi connectivity index (χ1v) is 11.7. The highest BCUT2D eigenvalue weighted by Crippen LogP contribution is 2.69. The van der Waals surface area contributed by atoms with Crippen molar-refractivity contribution in [3.63, 3.8) is 0 Å². The Labute approximate surface area is 181 Å². The fourth-order valence-electron chi connectivity index (χ4n) is 8.08. The summed E-state index contributed by atoms with van der Waals surface area (Å²) < 4.78 is 32.0. The molecule has 0 bridgehead atoms. The molecule has 0 radical (unpaired) electrons. The van der Waals surface area contributed by atoms with Crippen LogP contribution in [-0.2, 0) is 19.1 Å². The van der Waals surface area contributed by atoms with Gasteiger partial charge in [0.15, 0.2) is 29.6 Å². The number of hydrogen-bond acceptors (Lipinski definition) is 5. The number of allylic oxidation sites excluding steroid dienone is 1. The third-order valence-electron chi connectivity index (χ3n) is 9.35. The lowest BCUT2D eigenvalue weighted by Crippen LogP contribution is -2.59. The highest BCUT2D eigenvalue weighted by Gasteiger charge is 2.74. The lowest BCUT2D eigenvalue weighted by molar-refractivity contribution is -0.187. The standard InChI is InChI=1S/C25H29FO5/c1-24-9-8-17-16-7-5-15(27)11-14(16)4-6-18(17)19(24)12-22-25(24,21(28)13-26)31-23(30-22)20-3-2-10-29-20/h2-3,10-11,16-19,22-23H,4-9,12-13H2,1H3/t16-,17+,18+,19-,22+,23+,24-,25+/m0/s1/i26-1. The van der Waals surface area contributed by atoms with Crippen LogP contribution < -0.4 is 0 Å². The molecule has 1 aromatic rings. The van der Waals surface area contributed by atoms with Crippen molar-refractivity contribution >= 4 is 11.6 Å². The molecule has 1 aliphatic heterocycles. The molecule has 2 heterocycles. The molecular weight excluding hydrogens is 398 g/mol. The van der Waals surface area contributed by atoms with E-state index in [2.05, 4.69) is 6.92 Å². The third kappa shape index (κ3) is 2.55. The number of rotatable bonds is 3. The summed E-state index contributed by atoms with van der Waals surface area (Å²) in [6.45, 7) is 1.09. The van der Waals surface area contributed by atoms with Crippen molar-refractivity contribution in [2.45, 2.75) is 69.9 Å². The Morgan fingerprint density at radius 2 is 2.10 bits per heavy atom. The minimum absolute atomic E-state index is 0.253. The van der Waals surface area contributed by atoms with Gasteiger partial charge in [0.25, 0.3) is 0 Å². The molecule has 166 valence electrons. The molecule has 1 saturated heterocycles. The fourth-order valence-corrected chi connectivity index (χ4v) is 8.08. The first-order valence-electron chi connectivity index (χ1n) is 11.7. The molecule has 6 heteroatoms. The van der Waals surface area contributed by atoms with Gasteiger partial charge >= 0.3 is 0 Å². The van der Waals surface area contributed by atoms with Gasteiger partial charge in [-0.3, -0.25) is 9.59 Å². The molecule has 31 heavy (non-hydrogen) atoms. The Kier molecular flexibility index (Phi) is 4.39. The topological polar surface area (TPSA) is 65.7 Å². The maximum absolute atomic E-state index is 13.9. The number of fused-ring (bicyclic) bond motifs is 7. The number of halogens is 1. The van der Waals surface area contributed by atoms with Crippen LogP contribution in [0.1, 0.15) is 63.9 Å². The number of alkyl halides is 1. The normalized spacial score (nSPS) is 46.0. The highest BCUT2D eigenvalue weighted by molar-refractivity contribution is 5.92. The van der Waals surface area contributed by atoms with Gasteiger partial charge in [-0.2, -0.15) is 0 Å². The van der Waals surface area contributed by atoms with Crippen LogP contribution in [0.15, 0.2) is 34.5 Å². The van der Waals surface area contributed by atoms with E-state index in [1.54, 1.807) is 18.4 Å². The summed E-state index contributed by atoms with van der Waals surface area (Å²) in [5.41, 5.74) is -0.387. The molecule has 6 rings (SSSR count). The van der Waals surface area contributed by atoms with Crippen LogP contribution in [0.2, 0.25) is 0 Å². The van der Waals surface area contributed by atoms with E-state index in [0.29, 0.717) is 36.4 Å². The molecule has 4 fully saturated rings. The Balaban J connectivity index is 1.35. The van der Waals surface area contributed by atoms with E-state index in [1.165, 1.54) is 5.57 Å². The predicted octanol–water partition coefficient (Wildman–Crippen LogP) is 4.72. The molecule has 0 N–H and O–H groups in total. The molecule has 5 aliphatic rings. The summed E-state index contributed by atoms with van der Waals surface area (Å²) in [5, 5.41) is 0. The summed E-state index contributed by atoms with van der Waals surface area (Å²) >= 11 is 0. The zero-order valence-corrected chi connectivity index (χ0v) is 17.8. The number of Topliss-reactive ketones (excluding diaryl/α,β-unsaturated/α-hetero) is 1. The monoisotopic (exact) mass is 427 g/mol. The van der Waals surface area contributed by atoms with Gasteiger partial charge in [-0.15, -0.1) is 0 Å². The fraction of sp³-hybridized carbons (Fsp3) is 0.680. The minimum Gasteiger partial charge on any atom is -0.464 e. The average Bonchev–Trinajstić information content (AvgIpc) is 3.47. The summed E-state index contributed by atoms with van der Waals surface area (Å²) in [6.07, 6.45) is 8.30. The van der Waals surface area contributed by atoms with Crippen LogP contribution in [-0.4, -0.2) is 29.9 Å². The summed E-state index contributed by atoms with van der Waals surface area (Å²) in [4.78, 5) is 25.1. The number of hydrogen-bond donors (Lipinski definition) is 0. The lowest BCUT2D eigenvalue weighted by Gasteiger charge is -2.55. The Bertz CT molecular complexity index is 938. The third-order valence-corrected chi connectivity index (χ3v) is 9.35. The molecule has 0 spiro atoms. The molecule has 5 nitrogen and oxygen atoms in total. The predicted molar refractivity (Wildman–Crippen MR) is 109 cm³/mol. The SMILES string of the molecule is C[C@]12CC[C@H]3[C@@H](CCC4=CC(=O)CC[C@@H]43)[C@@H]1C[C@H]1O[C@@H](c3ccco3)O[C@]12C(=O)C[18F]. The van der Waals surface area contributed by atoms with Gasteiger partial charge in [0.05, 0.1) is 12.4 Å². The number of ketones is 2. The molecule has 0 unspecified atom stereocenters. The van der Waals surface area contributed by atoms with Gasteiger partial charge in [0.2, 0.25) is 6.29 Å². The lowest BCUT2D eigenvalue weighted by atomic mass is 9.50. The first kappa shape index (κ1) is 19.9. The van der Waals surface area contributed by atoms with Crippen LogP contribution in [0.5, 0.6) is 0 Å². The second-order valence-electron chi connectivity index (χ2n) is 10.4. The van der Waals surface area contributed by atoms with Crippen LogP contribution in [0.25, 0.3) is 0 Å². The Hall–Kier alpha value is -1.79. The largest absolute Gasteiger partial charge is 0.464 e. The van der Waals surface area contributed by atoms with E-state index in [0.717, 1.165) is 32.1 Å². The highest BCUT2D eigenvalue weighted by atomic mass is 18.2. The molecule has 0 amide bonds. The van der Waals surface area contributed by atoms with Crippen molar-refractivity contribution in [2.75, 3.05) is 6.67 Å². The summed E-state index contributed by atoms with van der Waals surface area (Å²) in [5.74, 6) is 2.01. The van der Waals surface area contributed by atoms with Crippen molar-refractivity contribution in [1.29, 1.82) is 0 Å². The van der Waals surface area contributed by atoms with E-state index in [-0.39, 0.29) is 11.7 Å². The molecule has 0 aromatic carbocycles. The second kappa shape index (κ2) is 6.85. The van der Waals surface area contributed by atoms with Crippen LogP contribution >= 0.6 is 0 Å². The summed E-state index contributed by atoms with van der Waals surface area (Å²) in [7, 11) is 0. The number of carbonyl (C=O) groups is 2. The molecule has 3 saturated carbocycles. The van der Waals surface area contributed by atoms with Gasteiger partial charge in [0, 0.05) is 11.8 Å². The van der Waals surface area contributed by atoms with E-state index in [4.69, 9.17) is 13.9 Å². The number of carbonyl (C=O) groups excluding carboxylic acids is 2. The quantitative estimate of drug-likeness (QED) is 0.698. The van der Waals surface area contributed by atoms with Crippen molar-refractivity contribution in [2.24, 2.45) is 29.1 Å². The maximum atomic E-state index is 13.9. The van der Waals surface area contributed by atoms with Crippen molar-refractivity contribution in [1.82, 2.24) is 0 Å². The maximum Gasteiger partial charge on any atom is 0.218 e. The van der Waals surface area contributed by atoms with Gasteiger partial charge in [0.1, 0.15) is 0 Å².